The predicted octanol–water partition coefficient (Wildman–Crippen LogP) is 3.91. The van der Waals surface area contributed by atoms with Crippen LogP contribution in [0.2, 0.25) is 0 Å². The fourth-order valence-corrected chi connectivity index (χ4v) is 4.01. The monoisotopic (exact) mass is 453 g/mol. The van der Waals surface area contributed by atoms with Crippen LogP contribution in [0.15, 0.2) is 22.7 Å². The van der Waals surface area contributed by atoms with Crippen molar-refractivity contribution in [1.82, 2.24) is 4.57 Å². The normalized spacial score (nSPS) is 12.8. The second-order valence-corrected chi connectivity index (χ2v) is 6.78. The van der Waals surface area contributed by atoms with E-state index >= 15 is 0 Å². The third-order valence-electron chi connectivity index (χ3n) is 4.04. The topological polar surface area (TPSA) is 65.4 Å². The number of carbonyl (C=O) groups excluding carboxylic acids is 3. The second kappa shape index (κ2) is 6.29. The summed E-state index contributed by atoms with van der Waals surface area (Å²) in [6, 6.07) is 5.05. The van der Waals surface area contributed by atoms with Crippen molar-refractivity contribution in [3.05, 3.63) is 45.2 Å². The summed E-state index contributed by atoms with van der Waals surface area (Å²) in [7, 11) is 1.67. The van der Waals surface area contributed by atoms with Crippen molar-refractivity contribution >= 4 is 49.4 Å². The molecule has 7 heteroatoms. The number of carbonyl (C=O) groups is 3. The molecule has 0 saturated heterocycles. The molecule has 0 radical (unpaired) electrons. The summed E-state index contributed by atoms with van der Waals surface area (Å²) in [5.41, 5.74) is 2.48. The SMILES string of the molecule is CCOC(=O)c1c2c(n(C)c1CBr)C(=O)C(=O)c1ccc(Br)cc1-2. The van der Waals surface area contributed by atoms with Crippen LogP contribution in [0.25, 0.3) is 11.1 Å². The first-order chi connectivity index (χ1) is 11.4. The minimum atomic E-state index is -0.611. The first-order valence-corrected chi connectivity index (χ1v) is 9.17. The molecule has 0 unspecified atom stereocenters. The Labute approximate surface area is 155 Å². The average Bonchev–Trinajstić information content (AvgIpc) is 2.85. The number of alkyl halides is 1. The van der Waals surface area contributed by atoms with E-state index in [4.69, 9.17) is 4.74 Å². The largest absolute Gasteiger partial charge is 0.462 e. The molecule has 124 valence electrons. The summed E-state index contributed by atoms with van der Waals surface area (Å²) in [5.74, 6) is -1.68. The molecular weight excluding hydrogens is 442 g/mol. The van der Waals surface area contributed by atoms with Crippen molar-refractivity contribution in [2.75, 3.05) is 6.61 Å². The van der Waals surface area contributed by atoms with Gasteiger partial charge in [0.15, 0.2) is 0 Å². The minimum absolute atomic E-state index is 0.225. The lowest BCUT2D eigenvalue weighted by Crippen LogP contribution is -2.23. The van der Waals surface area contributed by atoms with Crippen LogP contribution in [0, 0.1) is 0 Å². The second-order valence-electron chi connectivity index (χ2n) is 5.31. The molecule has 0 saturated carbocycles. The lowest BCUT2D eigenvalue weighted by molar-refractivity contribution is 0.0526. The summed E-state index contributed by atoms with van der Waals surface area (Å²) in [6.45, 7) is 1.95. The number of ketones is 2. The van der Waals surface area contributed by atoms with Crippen LogP contribution in [0.5, 0.6) is 0 Å². The molecule has 0 fully saturated rings. The van der Waals surface area contributed by atoms with Crippen molar-refractivity contribution in [3.63, 3.8) is 0 Å². The zero-order valence-corrected chi connectivity index (χ0v) is 16.2. The maximum atomic E-state index is 12.6. The fourth-order valence-electron chi connectivity index (χ4n) is 2.99. The Hall–Kier alpha value is -1.73. The van der Waals surface area contributed by atoms with Gasteiger partial charge >= 0.3 is 5.97 Å². The molecule has 0 N–H and O–H groups in total. The van der Waals surface area contributed by atoms with Crippen molar-refractivity contribution in [1.29, 1.82) is 0 Å². The highest BCUT2D eigenvalue weighted by molar-refractivity contribution is 9.10. The summed E-state index contributed by atoms with van der Waals surface area (Å²) in [4.78, 5) is 37.6. The Morgan fingerprint density at radius 2 is 1.92 bits per heavy atom. The molecule has 0 aliphatic heterocycles. The third kappa shape index (κ3) is 2.38. The molecule has 1 aromatic heterocycles. The molecule has 2 aromatic rings. The molecule has 5 nitrogen and oxygen atoms in total. The van der Waals surface area contributed by atoms with Crippen LogP contribution in [0.4, 0.5) is 0 Å². The smallest absolute Gasteiger partial charge is 0.340 e. The number of halogens is 2. The standard InChI is InChI=1S/C17H13Br2NO4/c1-3-24-17(23)13-11(7-18)20(2)14-12(13)10-6-8(19)4-5-9(10)15(21)16(14)22/h4-6H,3,7H2,1-2H3. The lowest BCUT2D eigenvalue weighted by Gasteiger charge is -2.17. The number of hydrogen-bond donors (Lipinski definition) is 0. The Balaban J connectivity index is 2.43. The van der Waals surface area contributed by atoms with E-state index in [0.717, 1.165) is 4.47 Å². The van der Waals surface area contributed by atoms with Gasteiger partial charge in [0.25, 0.3) is 5.78 Å². The van der Waals surface area contributed by atoms with Gasteiger partial charge in [-0.15, -0.1) is 0 Å². The predicted molar refractivity (Wildman–Crippen MR) is 95.8 cm³/mol. The number of Topliss-reactive ketones (excluding diaryl/α,β-unsaturated/α-hetero) is 2. The molecule has 1 aliphatic rings. The van der Waals surface area contributed by atoms with Gasteiger partial charge in [-0.2, -0.15) is 0 Å². The Kier molecular flexibility index (Phi) is 4.48. The summed E-state index contributed by atoms with van der Waals surface area (Å²) < 4.78 is 7.53. The van der Waals surface area contributed by atoms with Crippen molar-refractivity contribution in [2.24, 2.45) is 7.05 Å². The van der Waals surface area contributed by atoms with Crippen LogP contribution in [0.1, 0.15) is 43.8 Å². The zero-order chi connectivity index (χ0) is 17.6. The molecule has 0 atom stereocenters. The number of nitrogens with zero attached hydrogens (tertiary/aromatic N) is 1. The van der Waals surface area contributed by atoms with Crippen molar-refractivity contribution in [2.45, 2.75) is 12.3 Å². The first-order valence-electron chi connectivity index (χ1n) is 7.25. The molecule has 0 bridgehead atoms. The summed E-state index contributed by atoms with van der Waals surface area (Å²) in [5, 5.41) is 0.357. The number of hydrogen-bond acceptors (Lipinski definition) is 4. The van der Waals surface area contributed by atoms with E-state index in [1.165, 1.54) is 0 Å². The summed E-state index contributed by atoms with van der Waals surface area (Å²) >= 11 is 6.74. The molecular formula is C17H13Br2NO4. The van der Waals surface area contributed by atoms with Gasteiger partial charge < -0.3 is 9.30 Å². The van der Waals surface area contributed by atoms with E-state index < -0.39 is 17.5 Å². The molecule has 0 spiro atoms. The van der Waals surface area contributed by atoms with Crippen LogP contribution in [0.3, 0.4) is 0 Å². The highest BCUT2D eigenvalue weighted by Crippen LogP contribution is 2.41. The average molecular weight is 455 g/mol. The van der Waals surface area contributed by atoms with Gasteiger partial charge in [-0.3, -0.25) is 9.59 Å². The highest BCUT2D eigenvalue weighted by Gasteiger charge is 2.39. The molecule has 0 amide bonds. The zero-order valence-electron chi connectivity index (χ0n) is 13.0. The van der Waals surface area contributed by atoms with Crippen molar-refractivity contribution < 1.29 is 19.1 Å². The van der Waals surface area contributed by atoms with Gasteiger partial charge in [-0.1, -0.05) is 31.9 Å². The fraction of sp³-hybridized carbons (Fsp3) is 0.235. The van der Waals surface area contributed by atoms with Gasteiger partial charge in [0, 0.05) is 33.7 Å². The van der Waals surface area contributed by atoms with Crippen LogP contribution >= 0.6 is 31.9 Å². The molecule has 3 rings (SSSR count). The van der Waals surface area contributed by atoms with Crippen molar-refractivity contribution in [3.8, 4) is 11.1 Å². The molecule has 1 aliphatic carbocycles. The van der Waals surface area contributed by atoms with Gasteiger partial charge in [-0.05, 0) is 30.7 Å². The third-order valence-corrected chi connectivity index (χ3v) is 5.06. The van der Waals surface area contributed by atoms with E-state index in [1.54, 1.807) is 36.7 Å². The van der Waals surface area contributed by atoms with E-state index in [9.17, 15) is 14.4 Å². The maximum Gasteiger partial charge on any atom is 0.340 e. The number of esters is 1. The quantitative estimate of drug-likeness (QED) is 0.400. The number of ether oxygens (including phenoxy) is 1. The van der Waals surface area contributed by atoms with Gasteiger partial charge in [0.2, 0.25) is 5.78 Å². The first kappa shape index (κ1) is 17.1. The molecule has 24 heavy (non-hydrogen) atoms. The maximum absolute atomic E-state index is 12.6. The van der Waals surface area contributed by atoms with E-state index in [-0.39, 0.29) is 12.3 Å². The molecule has 1 aromatic carbocycles. The van der Waals surface area contributed by atoms with E-state index in [1.807, 2.05) is 0 Å². The lowest BCUT2D eigenvalue weighted by atomic mass is 9.86. The van der Waals surface area contributed by atoms with E-state index in [2.05, 4.69) is 31.9 Å². The highest BCUT2D eigenvalue weighted by atomic mass is 79.9. The van der Waals surface area contributed by atoms with Crippen LogP contribution < -0.4 is 0 Å². The Morgan fingerprint density at radius 1 is 1.21 bits per heavy atom. The Bertz CT molecular complexity index is 898. The minimum Gasteiger partial charge on any atom is -0.462 e. The number of fused-ring (bicyclic) bond motifs is 3. The van der Waals surface area contributed by atoms with Gasteiger partial charge in [0.1, 0.15) is 5.69 Å². The summed E-state index contributed by atoms with van der Waals surface area (Å²) in [6.07, 6.45) is 0. The van der Waals surface area contributed by atoms with Gasteiger partial charge in [-0.25, -0.2) is 4.79 Å². The number of rotatable bonds is 3. The van der Waals surface area contributed by atoms with Crippen LogP contribution in [-0.4, -0.2) is 28.7 Å². The van der Waals surface area contributed by atoms with E-state index in [0.29, 0.717) is 33.3 Å². The number of benzene rings is 1. The van der Waals surface area contributed by atoms with Gasteiger partial charge in [0.05, 0.1) is 12.2 Å². The van der Waals surface area contributed by atoms with Crippen LogP contribution in [-0.2, 0) is 17.1 Å². The molecule has 1 heterocycles. The Morgan fingerprint density at radius 3 is 2.54 bits per heavy atom. The number of aromatic nitrogens is 1.